The second kappa shape index (κ2) is 5.18. The van der Waals surface area contributed by atoms with Crippen molar-refractivity contribution in [2.45, 2.75) is 0 Å². The fraction of sp³-hybridized carbons (Fsp3) is 0.0667. The summed E-state index contributed by atoms with van der Waals surface area (Å²) >= 11 is 5.92. The summed E-state index contributed by atoms with van der Waals surface area (Å²) in [6.07, 6.45) is 0. The lowest BCUT2D eigenvalue weighted by molar-refractivity contribution is -0.115. The zero-order valence-corrected chi connectivity index (χ0v) is 11.5. The van der Waals surface area contributed by atoms with E-state index < -0.39 is 11.7 Å². The molecule has 0 bridgehead atoms. The van der Waals surface area contributed by atoms with Gasteiger partial charge in [-0.15, -0.1) is 0 Å². The molecule has 0 fully saturated rings. The van der Waals surface area contributed by atoms with E-state index in [4.69, 9.17) is 11.6 Å². The Morgan fingerprint density at radius 2 is 1.95 bits per heavy atom. The molecule has 0 saturated heterocycles. The Hall–Kier alpha value is -2.40. The summed E-state index contributed by atoms with van der Waals surface area (Å²) in [5.74, 6) is -1.69. The van der Waals surface area contributed by atoms with Crippen molar-refractivity contribution < 1.29 is 14.0 Å². The Labute approximate surface area is 125 Å². The SMILES string of the molecule is O=C1CN(C(=O)c2c(F)cccc2Cl)c2ccccc2N1. The molecule has 0 radical (unpaired) electrons. The fourth-order valence-electron chi connectivity index (χ4n) is 2.25. The van der Waals surface area contributed by atoms with Crippen LogP contribution in [0.1, 0.15) is 10.4 Å². The van der Waals surface area contributed by atoms with E-state index in [1.807, 2.05) is 0 Å². The molecule has 1 aliphatic heterocycles. The molecule has 0 saturated carbocycles. The van der Waals surface area contributed by atoms with Crippen LogP contribution in [-0.2, 0) is 4.79 Å². The summed E-state index contributed by atoms with van der Waals surface area (Å²) in [7, 11) is 0. The van der Waals surface area contributed by atoms with Gasteiger partial charge in [0, 0.05) is 0 Å². The van der Waals surface area contributed by atoms with Gasteiger partial charge in [0.1, 0.15) is 12.4 Å². The van der Waals surface area contributed by atoms with Crippen LogP contribution in [-0.4, -0.2) is 18.4 Å². The Balaban J connectivity index is 2.09. The minimum absolute atomic E-state index is 0.0171. The molecule has 6 heteroatoms. The second-order valence-electron chi connectivity index (χ2n) is 4.55. The van der Waals surface area contributed by atoms with Gasteiger partial charge in [-0.3, -0.25) is 14.5 Å². The number of nitrogens with one attached hydrogen (secondary N) is 1. The van der Waals surface area contributed by atoms with Gasteiger partial charge in [0.05, 0.1) is 22.0 Å². The van der Waals surface area contributed by atoms with Crippen molar-refractivity contribution >= 4 is 34.8 Å². The van der Waals surface area contributed by atoms with Crippen molar-refractivity contribution in [2.75, 3.05) is 16.8 Å². The smallest absolute Gasteiger partial charge is 0.263 e. The quantitative estimate of drug-likeness (QED) is 0.880. The molecule has 0 aromatic heterocycles. The first-order valence-corrected chi connectivity index (χ1v) is 6.60. The lowest BCUT2D eigenvalue weighted by atomic mass is 10.1. The molecular weight excluding hydrogens is 295 g/mol. The van der Waals surface area contributed by atoms with Crippen LogP contribution in [0.25, 0.3) is 0 Å². The number of carbonyl (C=O) groups is 2. The minimum Gasteiger partial charge on any atom is -0.323 e. The van der Waals surface area contributed by atoms with Gasteiger partial charge >= 0.3 is 0 Å². The number of nitrogens with zero attached hydrogens (tertiary/aromatic N) is 1. The van der Waals surface area contributed by atoms with Crippen molar-refractivity contribution in [1.29, 1.82) is 0 Å². The van der Waals surface area contributed by atoms with E-state index in [-0.39, 0.29) is 23.0 Å². The van der Waals surface area contributed by atoms with Crippen LogP contribution >= 0.6 is 11.6 Å². The predicted octanol–water partition coefficient (Wildman–Crippen LogP) is 3.08. The van der Waals surface area contributed by atoms with Gasteiger partial charge in [0.25, 0.3) is 5.91 Å². The highest BCUT2D eigenvalue weighted by molar-refractivity contribution is 6.35. The molecular formula is C15H10ClFN2O2. The van der Waals surface area contributed by atoms with Gasteiger partial charge in [-0.25, -0.2) is 4.39 Å². The summed E-state index contributed by atoms with van der Waals surface area (Å²) in [6.45, 7) is -0.180. The molecule has 21 heavy (non-hydrogen) atoms. The fourth-order valence-corrected chi connectivity index (χ4v) is 2.50. The first kappa shape index (κ1) is 13.6. The zero-order valence-electron chi connectivity index (χ0n) is 10.8. The maximum Gasteiger partial charge on any atom is 0.263 e. The standard InChI is InChI=1S/C15H10ClFN2O2/c16-9-4-3-5-10(17)14(9)15(21)19-8-13(20)18-11-6-1-2-7-12(11)19/h1-7H,8H2,(H,18,20). The highest BCUT2D eigenvalue weighted by Crippen LogP contribution is 2.31. The van der Waals surface area contributed by atoms with E-state index in [9.17, 15) is 14.0 Å². The summed E-state index contributed by atoms with van der Waals surface area (Å²) in [5.41, 5.74) is 0.791. The number of halogens is 2. The highest BCUT2D eigenvalue weighted by Gasteiger charge is 2.30. The lowest BCUT2D eigenvalue weighted by Crippen LogP contribution is -2.42. The van der Waals surface area contributed by atoms with E-state index in [1.165, 1.54) is 17.0 Å². The topological polar surface area (TPSA) is 49.4 Å². The predicted molar refractivity (Wildman–Crippen MR) is 78.2 cm³/mol. The van der Waals surface area contributed by atoms with E-state index in [0.717, 1.165) is 6.07 Å². The number of hydrogen-bond donors (Lipinski definition) is 1. The van der Waals surface area contributed by atoms with Gasteiger partial charge in [-0.05, 0) is 24.3 Å². The van der Waals surface area contributed by atoms with Gasteiger partial charge in [0.15, 0.2) is 0 Å². The van der Waals surface area contributed by atoms with Crippen molar-refractivity contribution in [3.8, 4) is 0 Å². The number of anilines is 2. The van der Waals surface area contributed by atoms with E-state index in [1.54, 1.807) is 24.3 Å². The molecule has 3 rings (SSSR count). The lowest BCUT2D eigenvalue weighted by Gasteiger charge is -2.29. The molecule has 0 spiro atoms. The first-order valence-electron chi connectivity index (χ1n) is 6.22. The van der Waals surface area contributed by atoms with Gasteiger partial charge in [0.2, 0.25) is 5.91 Å². The third-order valence-corrected chi connectivity index (χ3v) is 3.51. The van der Waals surface area contributed by atoms with Crippen LogP contribution < -0.4 is 10.2 Å². The van der Waals surface area contributed by atoms with Crippen LogP contribution in [0.3, 0.4) is 0 Å². The summed E-state index contributed by atoms with van der Waals surface area (Å²) in [5, 5.41) is 2.68. The van der Waals surface area contributed by atoms with E-state index in [0.29, 0.717) is 11.4 Å². The molecule has 2 amide bonds. The van der Waals surface area contributed by atoms with Crippen LogP contribution in [0.4, 0.5) is 15.8 Å². The average molecular weight is 305 g/mol. The molecule has 2 aromatic carbocycles. The molecule has 1 N–H and O–H groups in total. The monoisotopic (exact) mass is 304 g/mol. The molecule has 1 heterocycles. The van der Waals surface area contributed by atoms with Crippen molar-refractivity contribution in [2.24, 2.45) is 0 Å². The molecule has 0 unspecified atom stereocenters. The Bertz CT molecular complexity index is 728. The van der Waals surface area contributed by atoms with Gasteiger partial charge in [-0.2, -0.15) is 0 Å². The summed E-state index contributed by atoms with van der Waals surface area (Å²) in [6, 6.07) is 10.9. The Kier molecular flexibility index (Phi) is 3.35. The maximum atomic E-state index is 13.9. The largest absolute Gasteiger partial charge is 0.323 e. The number of fused-ring (bicyclic) bond motifs is 1. The number of rotatable bonds is 1. The molecule has 106 valence electrons. The average Bonchev–Trinajstić information content (AvgIpc) is 2.46. The minimum atomic E-state index is -0.712. The number of benzene rings is 2. The van der Waals surface area contributed by atoms with Crippen molar-refractivity contribution in [3.05, 3.63) is 58.9 Å². The van der Waals surface area contributed by atoms with Crippen LogP contribution in [0, 0.1) is 5.82 Å². The molecule has 1 aliphatic rings. The number of hydrogen-bond acceptors (Lipinski definition) is 2. The maximum absolute atomic E-state index is 13.9. The van der Waals surface area contributed by atoms with E-state index in [2.05, 4.69) is 5.32 Å². The normalized spacial score (nSPS) is 13.6. The van der Waals surface area contributed by atoms with Crippen molar-refractivity contribution in [3.63, 3.8) is 0 Å². The highest BCUT2D eigenvalue weighted by atomic mass is 35.5. The van der Waals surface area contributed by atoms with Gasteiger partial charge in [-0.1, -0.05) is 29.8 Å². The van der Waals surface area contributed by atoms with Crippen molar-refractivity contribution in [1.82, 2.24) is 0 Å². The second-order valence-corrected chi connectivity index (χ2v) is 4.96. The number of amides is 2. The Morgan fingerprint density at radius 3 is 2.71 bits per heavy atom. The third-order valence-electron chi connectivity index (χ3n) is 3.19. The van der Waals surface area contributed by atoms with Crippen LogP contribution in [0.2, 0.25) is 5.02 Å². The van der Waals surface area contributed by atoms with Gasteiger partial charge < -0.3 is 5.32 Å². The first-order chi connectivity index (χ1) is 10.1. The van der Waals surface area contributed by atoms with Crippen LogP contribution in [0.15, 0.2) is 42.5 Å². The molecule has 4 nitrogen and oxygen atoms in total. The summed E-state index contributed by atoms with van der Waals surface area (Å²) in [4.78, 5) is 25.5. The van der Waals surface area contributed by atoms with E-state index >= 15 is 0 Å². The molecule has 2 aromatic rings. The molecule has 0 atom stereocenters. The molecule has 0 aliphatic carbocycles. The zero-order chi connectivity index (χ0) is 15.0. The van der Waals surface area contributed by atoms with Crippen LogP contribution in [0.5, 0.6) is 0 Å². The number of para-hydroxylation sites is 2. The Morgan fingerprint density at radius 1 is 1.19 bits per heavy atom. The third kappa shape index (κ3) is 2.36. The number of carbonyl (C=O) groups excluding carboxylic acids is 2. The summed E-state index contributed by atoms with van der Waals surface area (Å²) < 4.78 is 13.9.